The first kappa shape index (κ1) is 11.9. The third kappa shape index (κ3) is 2.98. The van der Waals surface area contributed by atoms with E-state index in [0.29, 0.717) is 16.9 Å². The maximum atomic E-state index is 11.8. The number of carbonyl (C=O) groups is 1. The van der Waals surface area contributed by atoms with E-state index in [1.54, 1.807) is 24.5 Å². The van der Waals surface area contributed by atoms with Crippen molar-refractivity contribution >= 4 is 17.3 Å². The van der Waals surface area contributed by atoms with Crippen molar-refractivity contribution in [1.29, 1.82) is 0 Å². The molecule has 5 nitrogen and oxygen atoms in total. The van der Waals surface area contributed by atoms with Gasteiger partial charge in [0.1, 0.15) is 6.61 Å². The van der Waals surface area contributed by atoms with Gasteiger partial charge in [0.25, 0.3) is 0 Å². The van der Waals surface area contributed by atoms with Crippen molar-refractivity contribution in [3.05, 3.63) is 53.9 Å². The second kappa shape index (κ2) is 5.18. The van der Waals surface area contributed by atoms with E-state index < -0.39 is 5.97 Å². The standard InChI is InChI=1S/C13H13N3O2/c14-11-4-10(5-12(15)6-11)13(17)18-8-9-2-1-3-16-7-9/h1-7H,8,14-15H2. The van der Waals surface area contributed by atoms with Crippen molar-refractivity contribution in [2.75, 3.05) is 11.5 Å². The van der Waals surface area contributed by atoms with Gasteiger partial charge in [0.05, 0.1) is 5.56 Å². The summed E-state index contributed by atoms with van der Waals surface area (Å²) in [5.74, 6) is -0.460. The first-order valence-corrected chi connectivity index (χ1v) is 5.37. The van der Waals surface area contributed by atoms with Gasteiger partial charge < -0.3 is 16.2 Å². The molecule has 0 atom stereocenters. The first-order chi connectivity index (χ1) is 8.65. The third-order valence-electron chi connectivity index (χ3n) is 2.31. The van der Waals surface area contributed by atoms with Gasteiger partial charge in [0.15, 0.2) is 0 Å². The highest BCUT2D eigenvalue weighted by molar-refractivity contribution is 5.91. The highest BCUT2D eigenvalue weighted by atomic mass is 16.5. The molecule has 0 aliphatic heterocycles. The van der Waals surface area contributed by atoms with Crippen molar-refractivity contribution in [1.82, 2.24) is 4.98 Å². The number of ether oxygens (including phenoxy) is 1. The summed E-state index contributed by atoms with van der Waals surface area (Å²) in [6.07, 6.45) is 3.30. The lowest BCUT2D eigenvalue weighted by molar-refractivity contribution is 0.0472. The van der Waals surface area contributed by atoms with Crippen molar-refractivity contribution in [3.63, 3.8) is 0 Å². The molecular weight excluding hydrogens is 230 g/mol. The van der Waals surface area contributed by atoms with Crippen LogP contribution in [0.15, 0.2) is 42.7 Å². The van der Waals surface area contributed by atoms with Crippen LogP contribution in [0.4, 0.5) is 11.4 Å². The van der Waals surface area contributed by atoms with Crippen molar-refractivity contribution in [2.45, 2.75) is 6.61 Å². The Bertz CT molecular complexity index is 535. The Balaban J connectivity index is 2.04. The molecule has 1 aromatic carbocycles. The SMILES string of the molecule is Nc1cc(N)cc(C(=O)OCc2cccnc2)c1. The van der Waals surface area contributed by atoms with Gasteiger partial charge in [-0.05, 0) is 24.3 Å². The molecule has 5 heteroatoms. The van der Waals surface area contributed by atoms with Gasteiger partial charge >= 0.3 is 5.97 Å². The fraction of sp³-hybridized carbons (Fsp3) is 0.0769. The molecule has 0 radical (unpaired) electrons. The highest BCUT2D eigenvalue weighted by Crippen LogP contribution is 2.15. The van der Waals surface area contributed by atoms with Gasteiger partial charge in [-0.1, -0.05) is 6.07 Å². The number of nitrogens with two attached hydrogens (primary N) is 2. The number of carbonyl (C=O) groups excluding carboxylic acids is 1. The zero-order valence-electron chi connectivity index (χ0n) is 9.67. The molecular formula is C13H13N3O2. The van der Waals surface area contributed by atoms with Crippen LogP contribution >= 0.6 is 0 Å². The predicted molar refractivity (Wildman–Crippen MR) is 68.6 cm³/mol. The number of esters is 1. The normalized spacial score (nSPS) is 10.0. The summed E-state index contributed by atoms with van der Waals surface area (Å²) in [6, 6.07) is 8.25. The summed E-state index contributed by atoms with van der Waals surface area (Å²) in [7, 11) is 0. The van der Waals surface area contributed by atoms with E-state index in [0.717, 1.165) is 5.56 Å². The van der Waals surface area contributed by atoms with Crippen LogP contribution in [-0.4, -0.2) is 11.0 Å². The van der Waals surface area contributed by atoms with E-state index >= 15 is 0 Å². The minimum atomic E-state index is -0.460. The molecule has 0 fully saturated rings. The smallest absolute Gasteiger partial charge is 0.338 e. The fourth-order valence-corrected chi connectivity index (χ4v) is 1.51. The molecule has 0 saturated heterocycles. The number of nitrogens with zero attached hydrogens (tertiary/aromatic N) is 1. The summed E-state index contributed by atoms with van der Waals surface area (Å²) >= 11 is 0. The van der Waals surface area contributed by atoms with Crippen LogP contribution in [0.25, 0.3) is 0 Å². The average molecular weight is 243 g/mol. The van der Waals surface area contributed by atoms with Gasteiger partial charge in [0, 0.05) is 29.3 Å². The van der Waals surface area contributed by atoms with Gasteiger partial charge in [0.2, 0.25) is 0 Å². The van der Waals surface area contributed by atoms with E-state index in [9.17, 15) is 4.79 Å². The molecule has 0 saturated carbocycles. The van der Waals surface area contributed by atoms with E-state index in [1.165, 1.54) is 12.1 Å². The minimum absolute atomic E-state index is 0.168. The number of benzene rings is 1. The quantitative estimate of drug-likeness (QED) is 0.631. The summed E-state index contributed by atoms with van der Waals surface area (Å²) in [4.78, 5) is 15.7. The lowest BCUT2D eigenvalue weighted by Crippen LogP contribution is -2.06. The number of hydrogen-bond donors (Lipinski definition) is 2. The summed E-state index contributed by atoms with van der Waals surface area (Å²) in [5, 5.41) is 0. The molecule has 0 amide bonds. The largest absolute Gasteiger partial charge is 0.457 e. The van der Waals surface area contributed by atoms with E-state index in [4.69, 9.17) is 16.2 Å². The summed E-state index contributed by atoms with van der Waals surface area (Å²) in [6.45, 7) is 0.168. The molecule has 18 heavy (non-hydrogen) atoms. The molecule has 1 heterocycles. The maximum absolute atomic E-state index is 11.8. The molecule has 0 spiro atoms. The molecule has 2 aromatic rings. The first-order valence-electron chi connectivity index (χ1n) is 5.37. The van der Waals surface area contributed by atoms with E-state index in [1.807, 2.05) is 6.07 Å². The zero-order chi connectivity index (χ0) is 13.0. The molecule has 0 unspecified atom stereocenters. The van der Waals surface area contributed by atoms with Gasteiger partial charge in [-0.25, -0.2) is 4.79 Å². The lowest BCUT2D eigenvalue weighted by atomic mass is 10.2. The fourth-order valence-electron chi connectivity index (χ4n) is 1.51. The Morgan fingerprint density at radius 1 is 1.22 bits per heavy atom. The predicted octanol–water partition coefficient (Wildman–Crippen LogP) is 1.60. The van der Waals surface area contributed by atoms with Crippen LogP contribution < -0.4 is 11.5 Å². The van der Waals surface area contributed by atoms with E-state index in [-0.39, 0.29) is 6.61 Å². The van der Waals surface area contributed by atoms with Gasteiger partial charge in [-0.15, -0.1) is 0 Å². The van der Waals surface area contributed by atoms with Crippen LogP contribution in [-0.2, 0) is 11.3 Å². The number of nitrogen functional groups attached to an aromatic ring is 2. The van der Waals surface area contributed by atoms with Crippen LogP contribution in [0.1, 0.15) is 15.9 Å². The maximum Gasteiger partial charge on any atom is 0.338 e. The summed E-state index contributed by atoms with van der Waals surface area (Å²) in [5.41, 5.74) is 13.2. The van der Waals surface area contributed by atoms with Crippen LogP contribution in [0, 0.1) is 0 Å². The third-order valence-corrected chi connectivity index (χ3v) is 2.31. The topological polar surface area (TPSA) is 91.2 Å². The van der Waals surface area contributed by atoms with Crippen molar-refractivity contribution < 1.29 is 9.53 Å². The summed E-state index contributed by atoms with van der Waals surface area (Å²) < 4.78 is 5.13. The Kier molecular flexibility index (Phi) is 3.43. The molecule has 92 valence electrons. The monoisotopic (exact) mass is 243 g/mol. The zero-order valence-corrected chi connectivity index (χ0v) is 9.67. The second-order valence-electron chi connectivity index (χ2n) is 3.83. The molecule has 4 N–H and O–H groups in total. The van der Waals surface area contributed by atoms with Crippen LogP contribution in [0.3, 0.4) is 0 Å². The Hall–Kier alpha value is -2.56. The van der Waals surface area contributed by atoms with Crippen molar-refractivity contribution in [3.8, 4) is 0 Å². The molecule has 0 aliphatic rings. The minimum Gasteiger partial charge on any atom is -0.457 e. The van der Waals surface area contributed by atoms with E-state index in [2.05, 4.69) is 4.98 Å². The van der Waals surface area contributed by atoms with Crippen molar-refractivity contribution in [2.24, 2.45) is 0 Å². The highest BCUT2D eigenvalue weighted by Gasteiger charge is 2.08. The number of pyridine rings is 1. The number of aromatic nitrogens is 1. The lowest BCUT2D eigenvalue weighted by Gasteiger charge is -2.06. The molecule has 2 rings (SSSR count). The number of anilines is 2. The Morgan fingerprint density at radius 3 is 2.56 bits per heavy atom. The average Bonchev–Trinajstić information content (AvgIpc) is 2.36. The Morgan fingerprint density at radius 2 is 1.94 bits per heavy atom. The Labute approximate surface area is 104 Å². The van der Waals surface area contributed by atoms with Gasteiger partial charge in [-0.2, -0.15) is 0 Å². The van der Waals surface area contributed by atoms with Gasteiger partial charge in [-0.3, -0.25) is 4.98 Å². The molecule has 0 bridgehead atoms. The number of hydrogen-bond acceptors (Lipinski definition) is 5. The molecule has 0 aliphatic carbocycles. The van der Waals surface area contributed by atoms with Crippen LogP contribution in [0.5, 0.6) is 0 Å². The molecule has 1 aromatic heterocycles. The second-order valence-corrected chi connectivity index (χ2v) is 3.83. The number of rotatable bonds is 3. The van der Waals surface area contributed by atoms with Crippen LogP contribution in [0.2, 0.25) is 0 Å².